The van der Waals surface area contributed by atoms with Gasteiger partial charge in [0.1, 0.15) is 12.6 Å². The van der Waals surface area contributed by atoms with Crippen LogP contribution in [0.25, 0.3) is 0 Å². The van der Waals surface area contributed by atoms with Gasteiger partial charge in [-0.3, -0.25) is 24.0 Å². The molecule has 1 fully saturated rings. The fourth-order valence-corrected chi connectivity index (χ4v) is 5.61. The molecule has 206 valence electrons. The SMILES string of the molecule is Cc1ccc([N+](=O)[O-])cc1N(CC(=O)N(CCc1ccccc1)[C@@H](C)C(=O)NC1CCCCC1)S(C)(=O)=O. The molecular formula is C27H36N4O6S. The minimum Gasteiger partial charge on any atom is -0.352 e. The summed E-state index contributed by atoms with van der Waals surface area (Å²) < 4.78 is 26.4. The number of nitro benzene ring substituents is 1. The quantitative estimate of drug-likeness (QED) is 0.340. The average molecular weight is 545 g/mol. The largest absolute Gasteiger partial charge is 0.352 e. The molecule has 0 unspecified atom stereocenters. The van der Waals surface area contributed by atoms with Gasteiger partial charge in [0.15, 0.2) is 0 Å². The first-order valence-electron chi connectivity index (χ1n) is 12.8. The van der Waals surface area contributed by atoms with Crippen molar-refractivity contribution in [3.63, 3.8) is 0 Å². The van der Waals surface area contributed by atoms with E-state index in [0.717, 1.165) is 54.3 Å². The van der Waals surface area contributed by atoms with Crippen molar-refractivity contribution in [1.82, 2.24) is 10.2 Å². The first-order chi connectivity index (χ1) is 18.0. The minimum atomic E-state index is -3.98. The molecule has 2 aromatic rings. The maximum absolute atomic E-state index is 13.7. The Morgan fingerprint density at radius 1 is 1.11 bits per heavy atom. The summed E-state index contributed by atoms with van der Waals surface area (Å²) in [4.78, 5) is 39.0. The molecule has 3 rings (SSSR count). The summed E-state index contributed by atoms with van der Waals surface area (Å²) >= 11 is 0. The number of anilines is 1. The molecule has 0 radical (unpaired) electrons. The van der Waals surface area contributed by atoms with Crippen LogP contribution in [0.15, 0.2) is 48.5 Å². The van der Waals surface area contributed by atoms with Crippen LogP contribution in [0.1, 0.15) is 50.2 Å². The topological polar surface area (TPSA) is 130 Å². The van der Waals surface area contributed by atoms with Crippen molar-refractivity contribution in [2.24, 2.45) is 0 Å². The fourth-order valence-electron chi connectivity index (χ4n) is 4.71. The molecule has 1 N–H and O–H groups in total. The Hall–Kier alpha value is -3.47. The Balaban J connectivity index is 1.88. The molecule has 0 heterocycles. The van der Waals surface area contributed by atoms with Crippen LogP contribution in [0.2, 0.25) is 0 Å². The molecule has 1 saturated carbocycles. The van der Waals surface area contributed by atoms with E-state index in [0.29, 0.717) is 12.0 Å². The van der Waals surface area contributed by atoms with Crippen LogP contribution in [0.3, 0.4) is 0 Å². The molecule has 38 heavy (non-hydrogen) atoms. The molecule has 0 spiro atoms. The summed E-state index contributed by atoms with van der Waals surface area (Å²) in [5.41, 5.74) is 1.21. The van der Waals surface area contributed by atoms with E-state index in [2.05, 4.69) is 5.32 Å². The Morgan fingerprint density at radius 2 is 1.76 bits per heavy atom. The zero-order valence-corrected chi connectivity index (χ0v) is 22.9. The van der Waals surface area contributed by atoms with Crippen LogP contribution < -0.4 is 9.62 Å². The van der Waals surface area contributed by atoms with E-state index in [1.807, 2.05) is 30.3 Å². The lowest BCUT2D eigenvalue weighted by molar-refractivity contribution is -0.384. The van der Waals surface area contributed by atoms with Gasteiger partial charge in [-0.1, -0.05) is 55.7 Å². The molecule has 2 aromatic carbocycles. The number of nitrogens with zero attached hydrogens (tertiary/aromatic N) is 3. The Bertz CT molecular complexity index is 1250. The number of aryl methyl sites for hydroxylation is 1. The highest BCUT2D eigenvalue weighted by Crippen LogP contribution is 2.28. The third-order valence-corrected chi connectivity index (χ3v) is 8.08. The standard InChI is InChI=1S/C27H36N4O6S/c1-20-14-15-24(31(34)35)18-25(20)30(38(3,36)37)19-26(32)29(17-16-22-10-6-4-7-11-22)21(2)27(33)28-23-12-8-5-9-13-23/h4,6-7,10-11,14-15,18,21,23H,5,8-9,12-13,16-17,19H2,1-3H3,(H,28,33)/t21-/m0/s1. The number of benzene rings is 2. The van der Waals surface area contributed by atoms with Gasteiger partial charge in [-0.2, -0.15) is 0 Å². The third-order valence-electron chi connectivity index (χ3n) is 6.95. The summed E-state index contributed by atoms with van der Waals surface area (Å²) in [6, 6.07) is 12.6. The van der Waals surface area contributed by atoms with Crippen LogP contribution >= 0.6 is 0 Å². The average Bonchev–Trinajstić information content (AvgIpc) is 2.88. The molecular weight excluding hydrogens is 508 g/mol. The zero-order chi connectivity index (χ0) is 27.9. The molecule has 1 aliphatic carbocycles. The van der Waals surface area contributed by atoms with E-state index in [9.17, 15) is 28.1 Å². The number of carbonyl (C=O) groups excluding carboxylic acids is 2. The lowest BCUT2D eigenvalue weighted by Gasteiger charge is -2.33. The van der Waals surface area contributed by atoms with Crippen LogP contribution in [-0.2, 0) is 26.0 Å². The monoisotopic (exact) mass is 544 g/mol. The molecule has 11 heteroatoms. The van der Waals surface area contributed by atoms with Gasteiger partial charge in [0, 0.05) is 24.7 Å². The number of hydrogen-bond donors (Lipinski definition) is 1. The molecule has 10 nitrogen and oxygen atoms in total. The number of nitro groups is 1. The summed E-state index contributed by atoms with van der Waals surface area (Å²) in [6.45, 7) is 2.88. The first-order valence-corrected chi connectivity index (χ1v) is 14.7. The lowest BCUT2D eigenvalue weighted by Crippen LogP contribution is -2.53. The summed E-state index contributed by atoms with van der Waals surface area (Å²) in [6.07, 6.45) is 6.44. The van der Waals surface area contributed by atoms with Crippen molar-refractivity contribution in [3.8, 4) is 0 Å². The molecule has 1 atom stereocenters. The van der Waals surface area contributed by atoms with E-state index in [1.165, 1.54) is 17.0 Å². The van der Waals surface area contributed by atoms with E-state index < -0.39 is 33.4 Å². The molecule has 1 aliphatic rings. The van der Waals surface area contributed by atoms with Gasteiger partial charge >= 0.3 is 0 Å². The van der Waals surface area contributed by atoms with E-state index >= 15 is 0 Å². The van der Waals surface area contributed by atoms with Gasteiger partial charge in [-0.15, -0.1) is 0 Å². The van der Waals surface area contributed by atoms with E-state index in [4.69, 9.17) is 0 Å². The van der Waals surface area contributed by atoms with Gasteiger partial charge in [0.05, 0.1) is 16.9 Å². The van der Waals surface area contributed by atoms with Gasteiger partial charge in [0.25, 0.3) is 5.69 Å². The summed E-state index contributed by atoms with van der Waals surface area (Å²) in [5, 5.41) is 14.4. The number of carbonyl (C=O) groups is 2. The number of sulfonamides is 1. The first kappa shape index (κ1) is 29.1. The maximum atomic E-state index is 13.7. The number of non-ortho nitro benzene ring substituents is 1. The van der Waals surface area contributed by atoms with Crippen LogP contribution in [0, 0.1) is 17.0 Å². The summed E-state index contributed by atoms with van der Waals surface area (Å²) in [7, 11) is -3.98. The smallest absolute Gasteiger partial charge is 0.271 e. The lowest BCUT2D eigenvalue weighted by atomic mass is 9.95. The molecule has 0 aliphatic heterocycles. The fraction of sp³-hybridized carbons (Fsp3) is 0.481. The summed E-state index contributed by atoms with van der Waals surface area (Å²) in [5.74, 6) is -0.848. The van der Waals surface area contributed by atoms with Crippen LogP contribution in [0.4, 0.5) is 11.4 Å². The molecule has 0 saturated heterocycles. The van der Waals surface area contributed by atoms with Crippen molar-refractivity contribution in [1.29, 1.82) is 0 Å². The number of hydrogen-bond acceptors (Lipinski definition) is 6. The molecule has 0 aromatic heterocycles. The Labute approximate surface area is 224 Å². The number of nitrogens with one attached hydrogen (secondary N) is 1. The van der Waals surface area contributed by atoms with Crippen molar-refractivity contribution in [2.75, 3.05) is 23.7 Å². The number of rotatable bonds is 11. The van der Waals surface area contributed by atoms with Gasteiger partial charge in [-0.05, 0) is 44.2 Å². The molecule has 0 bridgehead atoms. The third kappa shape index (κ3) is 7.77. The second-order valence-electron chi connectivity index (χ2n) is 9.84. The highest BCUT2D eigenvalue weighted by Gasteiger charge is 2.31. The second-order valence-corrected chi connectivity index (χ2v) is 11.7. The Kier molecular flexibility index (Phi) is 9.84. The van der Waals surface area contributed by atoms with Crippen LogP contribution in [-0.4, -0.2) is 61.5 Å². The highest BCUT2D eigenvalue weighted by atomic mass is 32.2. The normalized spacial score (nSPS) is 14.9. The predicted molar refractivity (Wildman–Crippen MR) is 146 cm³/mol. The second kappa shape index (κ2) is 12.9. The minimum absolute atomic E-state index is 0.0531. The molecule has 2 amide bonds. The van der Waals surface area contributed by atoms with Crippen molar-refractivity contribution in [3.05, 3.63) is 69.8 Å². The van der Waals surface area contributed by atoms with Crippen LogP contribution in [0.5, 0.6) is 0 Å². The predicted octanol–water partition coefficient (Wildman–Crippen LogP) is 3.58. The van der Waals surface area contributed by atoms with Crippen molar-refractivity contribution < 1.29 is 22.9 Å². The van der Waals surface area contributed by atoms with E-state index in [-0.39, 0.29) is 29.9 Å². The van der Waals surface area contributed by atoms with Gasteiger partial charge in [-0.25, -0.2) is 8.42 Å². The van der Waals surface area contributed by atoms with Crippen molar-refractivity contribution in [2.45, 2.75) is 64.5 Å². The van der Waals surface area contributed by atoms with Crippen molar-refractivity contribution >= 4 is 33.2 Å². The Morgan fingerprint density at radius 3 is 2.37 bits per heavy atom. The van der Waals surface area contributed by atoms with Gasteiger partial charge < -0.3 is 10.2 Å². The maximum Gasteiger partial charge on any atom is 0.271 e. The zero-order valence-electron chi connectivity index (χ0n) is 22.1. The number of amides is 2. The van der Waals surface area contributed by atoms with Gasteiger partial charge in [0.2, 0.25) is 21.8 Å². The van der Waals surface area contributed by atoms with E-state index in [1.54, 1.807) is 13.8 Å². The highest BCUT2D eigenvalue weighted by molar-refractivity contribution is 7.92.